The standard InChI is InChI=1S/C20H29NO2/c1-15-9-8-10-16(2)18(15)13-12-17-11-6-7-14-21(17)19(22)23-20(3,4)5/h8-10,12-13,17H,6-7,11,14H2,1-5H3. The monoisotopic (exact) mass is 315 g/mol. The summed E-state index contributed by atoms with van der Waals surface area (Å²) in [6.07, 6.45) is 7.33. The first-order valence-corrected chi connectivity index (χ1v) is 8.52. The molecule has 0 N–H and O–H groups in total. The molecule has 1 aromatic carbocycles. The number of benzene rings is 1. The largest absolute Gasteiger partial charge is 0.444 e. The third kappa shape index (κ3) is 4.85. The minimum atomic E-state index is -0.449. The van der Waals surface area contributed by atoms with Crippen molar-refractivity contribution in [2.24, 2.45) is 0 Å². The molecule has 0 spiro atoms. The van der Waals surface area contributed by atoms with Gasteiger partial charge in [0, 0.05) is 6.54 Å². The summed E-state index contributed by atoms with van der Waals surface area (Å²) in [5.41, 5.74) is 3.33. The fourth-order valence-corrected chi connectivity index (χ4v) is 3.00. The number of nitrogens with zero attached hydrogens (tertiary/aromatic N) is 1. The van der Waals surface area contributed by atoms with Crippen LogP contribution in [0.15, 0.2) is 24.3 Å². The van der Waals surface area contributed by atoms with Crippen LogP contribution in [0.1, 0.15) is 56.7 Å². The van der Waals surface area contributed by atoms with Crippen LogP contribution in [0.2, 0.25) is 0 Å². The van der Waals surface area contributed by atoms with Gasteiger partial charge in [-0.1, -0.05) is 30.4 Å². The number of amides is 1. The quantitative estimate of drug-likeness (QED) is 0.759. The van der Waals surface area contributed by atoms with Gasteiger partial charge in [0.1, 0.15) is 5.60 Å². The molecule has 3 heteroatoms. The molecule has 1 amide bonds. The molecule has 1 unspecified atom stereocenters. The van der Waals surface area contributed by atoms with Gasteiger partial charge < -0.3 is 9.64 Å². The number of rotatable bonds is 2. The van der Waals surface area contributed by atoms with E-state index < -0.39 is 5.60 Å². The van der Waals surface area contributed by atoms with Crippen molar-refractivity contribution in [2.75, 3.05) is 6.54 Å². The minimum absolute atomic E-state index is 0.123. The molecule has 1 heterocycles. The van der Waals surface area contributed by atoms with E-state index in [0.717, 1.165) is 25.8 Å². The smallest absolute Gasteiger partial charge is 0.410 e. The van der Waals surface area contributed by atoms with Crippen molar-refractivity contribution in [3.8, 4) is 0 Å². The Labute approximate surface area is 140 Å². The van der Waals surface area contributed by atoms with Crippen LogP contribution >= 0.6 is 0 Å². The van der Waals surface area contributed by atoms with E-state index in [1.807, 2.05) is 25.7 Å². The Bertz CT molecular complexity index is 564. The van der Waals surface area contributed by atoms with Crippen molar-refractivity contribution in [3.63, 3.8) is 0 Å². The predicted molar refractivity (Wildman–Crippen MR) is 95.5 cm³/mol. The lowest BCUT2D eigenvalue weighted by Gasteiger charge is -2.35. The highest BCUT2D eigenvalue weighted by atomic mass is 16.6. The van der Waals surface area contributed by atoms with E-state index in [-0.39, 0.29) is 12.1 Å². The van der Waals surface area contributed by atoms with Crippen LogP contribution < -0.4 is 0 Å². The maximum absolute atomic E-state index is 12.4. The molecule has 126 valence electrons. The first kappa shape index (κ1) is 17.6. The van der Waals surface area contributed by atoms with Crippen LogP contribution in [-0.2, 0) is 4.74 Å². The van der Waals surface area contributed by atoms with Crippen molar-refractivity contribution in [3.05, 3.63) is 41.0 Å². The minimum Gasteiger partial charge on any atom is -0.444 e. The van der Waals surface area contributed by atoms with Gasteiger partial charge in [-0.05, 0) is 70.6 Å². The average Bonchev–Trinajstić information content (AvgIpc) is 2.45. The Balaban J connectivity index is 2.15. The molecule has 2 rings (SSSR count). The number of carbonyl (C=O) groups excluding carboxylic acids is 1. The number of hydrogen-bond acceptors (Lipinski definition) is 2. The summed E-state index contributed by atoms with van der Waals surface area (Å²) >= 11 is 0. The summed E-state index contributed by atoms with van der Waals surface area (Å²) < 4.78 is 5.56. The second kappa shape index (κ2) is 7.20. The Hall–Kier alpha value is -1.77. The number of piperidine rings is 1. The van der Waals surface area contributed by atoms with Crippen LogP contribution in [0.4, 0.5) is 4.79 Å². The van der Waals surface area contributed by atoms with E-state index in [2.05, 4.69) is 44.2 Å². The van der Waals surface area contributed by atoms with Crippen LogP contribution in [-0.4, -0.2) is 29.2 Å². The van der Waals surface area contributed by atoms with Crippen molar-refractivity contribution in [1.82, 2.24) is 4.90 Å². The fraction of sp³-hybridized carbons (Fsp3) is 0.550. The number of likely N-dealkylation sites (tertiary alicyclic amines) is 1. The lowest BCUT2D eigenvalue weighted by molar-refractivity contribution is 0.0150. The van der Waals surface area contributed by atoms with Gasteiger partial charge in [0.2, 0.25) is 0 Å². The van der Waals surface area contributed by atoms with Crippen molar-refractivity contribution in [1.29, 1.82) is 0 Å². The molecule has 0 aromatic heterocycles. The zero-order valence-corrected chi connectivity index (χ0v) is 15.1. The molecule has 0 radical (unpaired) electrons. The summed E-state index contributed by atoms with van der Waals surface area (Å²) in [5.74, 6) is 0. The summed E-state index contributed by atoms with van der Waals surface area (Å²) in [6, 6.07) is 6.45. The second-order valence-corrected chi connectivity index (χ2v) is 7.40. The van der Waals surface area contributed by atoms with E-state index in [1.165, 1.54) is 16.7 Å². The maximum atomic E-state index is 12.4. The number of ether oxygens (including phenoxy) is 1. The third-order valence-electron chi connectivity index (χ3n) is 4.20. The van der Waals surface area contributed by atoms with Gasteiger partial charge in [-0.2, -0.15) is 0 Å². The highest BCUT2D eigenvalue weighted by Gasteiger charge is 2.28. The topological polar surface area (TPSA) is 29.5 Å². The molecule has 0 saturated carbocycles. The molecule has 3 nitrogen and oxygen atoms in total. The van der Waals surface area contributed by atoms with E-state index >= 15 is 0 Å². The van der Waals surface area contributed by atoms with Crippen LogP contribution in [0.5, 0.6) is 0 Å². The number of carbonyl (C=O) groups is 1. The van der Waals surface area contributed by atoms with Crippen molar-refractivity contribution >= 4 is 12.2 Å². The van der Waals surface area contributed by atoms with E-state index in [0.29, 0.717) is 0 Å². The lowest BCUT2D eigenvalue weighted by Crippen LogP contribution is -2.45. The molecule has 0 aliphatic carbocycles. The summed E-state index contributed by atoms with van der Waals surface area (Å²) in [6.45, 7) is 10.8. The normalized spacial score (nSPS) is 19.2. The highest BCUT2D eigenvalue weighted by molar-refractivity contribution is 5.69. The fourth-order valence-electron chi connectivity index (χ4n) is 3.00. The predicted octanol–water partition coefficient (Wildman–Crippen LogP) is 5.11. The molecular formula is C20H29NO2. The zero-order chi connectivity index (χ0) is 17.0. The van der Waals surface area contributed by atoms with Gasteiger partial charge in [-0.3, -0.25) is 0 Å². The third-order valence-corrected chi connectivity index (χ3v) is 4.20. The van der Waals surface area contributed by atoms with E-state index in [9.17, 15) is 4.79 Å². The molecule has 1 fully saturated rings. The SMILES string of the molecule is Cc1cccc(C)c1C=CC1CCCCN1C(=O)OC(C)(C)C. The Morgan fingerprint density at radius 2 is 1.87 bits per heavy atom. The molecule has 1 atom stereocenters. The first-order chi connectivity index (χ1) is 10.8. The molecule has 1 aliphatic heterocycles. The van der Waals surface area contributed by atoms with E-state index in [4.69, 9.17) is 4.74 Å². The molecule has 0 bridgehead atoms. The first-order valence-electron chi connectivity index (χ1n) is 8.52. The van der Waals surface area contributed by atoms with Gasteiger partial charge in [0.15, 0.2) is 0 Å². The van der Waals surface area contributed by atoms with Gasteiger partial charge in [-0.15, -0.1) is 0 Å². The summed E-state index contributed by atoms with van der Waals surface area (Å²) in [4.78, 5) is 14.3. The Kier molecular flexibility index (Phi) is 5.51. The van der Waals surface area contributed by atoms with Crippen molar-refractivity contribution < 1.29 is 9.53 Å². The molecular weight excluding hydrogens is 286 g/mol. The molecule has 1 aliphatic rings. The zero-order valence-electron chi connectivity index (χ0n) is 15.1. The second-order valence-electron chi connectivity index (χ2n) is 7.40. The Morgan fingerprint density at radius 3 is 2.48 bits per heavy atom. The van der Waals surface area contributed by atoms with Crippen LogP contribution in [0.25, 0.3) is 6.08 Å². The van der Waals surface area contributed by atoms with Gasteiger partial charge in [0.05, 0.1) is 6.04 Å². The van der Waals surface area contributed by atoms with Gasteiger partial charge in [0.25, 0.3) is 0 Å². The van der Waals surface area contributed by atoms with E-state index in [1.54, 1.807) is 0 Å². The van der Waals surface area contributed by atoms with Crippen LogP contribution in [0.3, 0.4) is 0 Å². The molecule has 1 saturated heterocycles. The number of hydrogen-bond donors (Lipinski definition) is 0. The lowest BCUT2D eigenvalue weighted by atomic mass is 9.98. The summed E-state index contributed by atoms with van der Waals surface area (Å²) in [7, 11) is 0. The van der Waals surface area contributed by atoms with Crippen molar-refractivity contribution in [2.45, 2.75) is 65.5 Å². The Morgan fingerprint density at radius 1 is 1.22 bits per heavy atom. The number of aryl methyl sites for hydroxylation is 2. The highest BCUT2D eigenvalue weighted by Crippen LogP contribution is 2.23. The van der Waals surface area contributed by atoms with Crippen LogP contribution in [0, 0.1) is 13.8 Å². The summed E-state index contributed by atoms with van der Waals surface area (Å²) in [5, 5.41) is 0. The average molecular weight is 315 g/mol. The molecule has 23 heavy (non-hydrogen) atoms. The van der Waals surface area contributed by atoms with Gasteiger partial charge >= 0.3 is 6.09 Å². The van der Waals surface area contributed by atoms with Gasteiger partial charge in [-0.25, -0.2) is 4.79 Å². The maximum Gasteiger partial charge on any atom is 0.410 e. The molecule has 1 aromatic rings.